The van der Waals surface area contributed by atoms with Gasteiger partial charge in [0.05, 0.1) is 18.1 Å². The van der Waals surface area contributed by atoms with Crippen LogP contribution in [-0.4, -0.2) is 77.6 Å². The van der Waals surface area contributed by atoms with Gasteiger partial charge in [-0.2, -0.15) is 0 Å². The monoisotopic (exact) mass is 445 g/mol. The van der Waals surface area contributed by atoms with Crippen LogP contribution >= 0.6 is 0 Å². The molecule has 1 aromatic heterocycles. The number of carbonyl (C=O) groups is 2. The number of nitrogens with one attached hydrogen (secondary N) is 1. The van der Waals surface area contributed by atoms with Crippen molar-refractivity contribution in [3.63, 3.8) is 0 Å². The summed E-state index contributed by atoms with van der Waals surface area (Å²) in [6, 6.07) is 5.91. The molecule has 2 amide bonds. The number of ether oxygens (including phenoxy) is 1. The molecule has 1 aliphatic heterocycles. The summed E-state index contributed by atoms with van der Waals surface area (Å²) in [6.45, 7) is 7.18. The number of nitrogens with zero attached hydrogens (tertiary/aromatic N) is 4. The lowest BCUT2D eigenvalue weighted by Crippen LogP contribution is -2.41. The van der Waals surface area contributed by atoms with Crippen molar-refractivity contribution in [2.24, 2.45) is 0 Å². The maximum absolute atomic E-state index is 13.2. The van der Waals surface area contributed by atoms with Crippen LogP contribution < -0.4 is 5.32 Å². The molecule has 0 saturated carbocycles. The fourth-order valence-electron chi connectivity index (χ4n) is 3.47. The van der Waals surface area contributed by atoms with E-state index in [4.69, 9.17) is 9.26 Å². The van der Waals surface area contributed by atoms with E-state index in [-0.39, 0.29) is 23.6 Å². The van der Waals surface area contributed by atoms with Gasteiger partial charge in [-0.05, 0) is 26.3 Å². The van der Waals surface area contributed by atoms with Crippen LogP contribution in [0.5, 0.6) is 0 Å². The van der Waals surface area contributed by atoms with Crippen LogP contribution in [0.15, 0.2) is 28.8 Å². The zero-order chi connectivity index (χ0) is 23.1. The minimum Gasteiger partial charge on any atom is -0.379 e. The lowest BCUT2D eigenvalue weighted by Gasteiger charge is -2.28. The molecular formula is C21H27N5O6. The Morgan fingerprint density at radius 3 is 2.66 bits per heavy atom. The van der Waals surface area contributed by atoms with Crippen molar-refractivity contribution in [2.45, 2.75) is 20.3 Å². The summed E-state index contributed by atoms with van der Waals surface area (Å²) in [5.41, 5.74) is 0.495. The topological polar surface area (TPSA) is 131 Å². The first-order valence-corrected chi connectivity index (χ1v) is 10.4. The number of morpholine rings is 1. The van der Waals surface area contributed by atoms with E-state index in [0.29, 0.717) is 37.5 Å². The van der Waals surface area contributed by atoms with Crippen molar-refractivity contribution in [3.05, 3.63) is 51.3 Å². The third-order valence-corrected chi connectivity index (χ3v) is 5.18. The van der Waals surface area contributed by atoms with Crippen LogP contribution in [0.25, 0.3) is 0 Å². The Balaban J connectivity index is 1.70. The molecule has 1 aliphatic rings. The fourth-order valence-corrected chi connectivity index (χ4v) is 3.47. The number of hydrogen-bond acceptors (Lipinski definition) is 8. The molecule has 0 aliphatic carbocycles. The number of nitro groups is 1. The van der Waals surface area contributed by atoms with Crippen molar-refractivity contribution >= 4 is 23.3 Å². The first-order chi connectivity index (χ1) is 15.3. The van der Waals surface area contributed by atoms with E-state index in [1.165, 1.54) is 17.0 Å². The lowest BCUT2D eigenvalue weighted by atomic mass is 10.1. The summed E-state index contributed by atoms with van der Waals surface area (Å²) in [6.07, 6.45) is 0.649. The summed E-state index contributed by atoms with van der Waals surface area (Å²) < 4.78 is 10.3. The molecule has 2 aromatic rings. The average molecular weight is 445 g/mol. The number of nitro benzene ring substituents is 1. The molecule has 1 saturated heterocycles. The van der Waals surface area contributed by atoms with Gasteiger partial charge in [-0.25, -0.2) is 0 Å². The molecule has 0 radical (unpaired) electrons. The van der Waals surface area contributed by atoms with E-state index in [9.17, 15) is 19.7 Å². The van der Waals surface area contributed by atoms with Gasteiger partial charge in [-0.15, -0.1) is 0 Å². The predicted octanol–water partition coefficient (Wildman–Crippen LogP) is 2.00. The smallest absolute Gasteiger partial charge is 0.273 e. The number of benzene rings is 1. The third-order valence-electron chi connectivity index (χ3n) is 5.18. The lowest BCUT2D eigenvalue weighted by molar-refractivity contribution is -0.385. The molecule has 1 aromatic carbocycles. The van der Waals surface area contributed by atoms with Gasteiger partial charge in [-0.1, -0.05) is 11.2 Å². The van der Waals surface area contributed by atoms with Crippen LogP contribution in [0.1, 0.15) is 28.1 Å². The molecule has 0 unspecified atom stereocenters. The van der Waals surface area contributed by atoms with Crippen LogP contribution in [0.3, 0.4) is 0 Å². The molecule has 0 atom stereocenters. The first-order valence-electron chi connectivity index (χ1n) is 10.4. The van der Waals surface area contributed by atoms with E-state index < -0.39 is 16.7 Å². The molecule has 2 heterocycles. The molecule has 0 spiro atoms. The van der Waals surface area contributed by atoms with Gasteiger partial charge < -0.3 is 19.5 Å². The third kappa shape index (κ3) is 6.34. The summed E-state index contributed by atoms with van der Waals surface area (Å²) in [4.78, 5) is 40.1. The second kappa shape index (κ2) is 10.8. The zero-order valence-corrected chi connectivity index (χ0v) is 18.2. The molecular weight excluding hydrogens is 418 g/mol. The van der Waals surface area contributed by atoms with Gasteiger partial charge in [0.25, 0.3) is 11.6 Å². The normalized spacial score (nSPS) is 14.2. The summed E-state index contributed by atoms with van der Waals surface area (Å²) in [7, 11) is 0. The van der Waals surface area contributed by atoms with E-state index in [2.05, 4.69) is 15.4 Å². The van der Waals surface area contributed by atoms with Gasteiger partial charge in [0, 0.05) is 49.4 Å². The van der Waals surface area contributed by atoms with Gasteiger partial charge in [0.15, 0.2) is 5.82 Å². The largest absolute Gasteiger partial charge is 0.379 e. The van der Waals surface area contributed by atoms with Crippen LogP contribution in [0.2, 0.25) is 0 Å². The maximum atomic E-state index is 13.2. The number of amides is 2. The highest BCUT2D eigenvalue weighted by Crippen LogP contribution is 2.20. The van der Waals surface area contributed by atoms with Crippen molar-refractivity contribution in [1.29, 1.82) is 0 Å². The van der Waals surface area contributed by atoms with E-state index in [1.807, 2.05) is 0 Å². The molecule has 11 nitrogen and oxygen atoms in total. The van der Waals surface area contributed by atoms with Crippen molar-refractivity contribution < 1.29 is 23.8 Å². The Morgan fingerprint density at radius 1 is 1.25 bits per heavy atom. The second-order valence-corrected chi connectivity index (χ2v) is 7.66. The van der Waals surface area contributed by atoms with Gasteiger partial charge in [0.2, 0.25) is 5.91 Å². The van der Waals surface area contributed by atoms with E-state index in [0.717, 1.165) is 19.6 Å². The van der Waals surface area contributed by atoms with E-state index >= 15 is 0 Å². The number of hydrogen-bond donors (Lipinski definition) is 1. The second-order valence-electron chi connectivity index (χ2n) is 7.66. The maximum Gasteiger partial charge on any atom is 0.273 e. The van der Waals surface area contributed by atoms with Crippen LogP contribution in [0, 0.1) is 24.0 Å². The highest BCUT2D eigenvalue weighted by molar-refractivity contribution is 5.99. The molecule has 0 bridgehead atoms. The van der Waals surface area contributed by atoms with Gasteiger partial charge >= 0.3 is 0 Å². The first kappa shape index (κ1) is 23.4. The molecule has 11 heteroatoms. The average Bonchev–Trinajstić information content (AvgIpc) is 3.17. The molecule has 172 valence electrons. The predicted molar refractivity (Wildman–Crippen MR) is 115 cm³/mol. The number of aromatic nitrogens is 1. The van der Waals surface area contributed by atoms with Gasteiger partial charge in [0.1, 0.15) is 12.3 Å². The zero-order valence-electron chi connectivity index (χ0n) is 18.2. The summed E-state index contributed by atoms with van der Waals surface area (Å²) >= 11 is 0. The molecule has 1 N–H and O–H groups in total. The Morgan fingerprint density at radius 2 is 2.00 bits per heavy atom. The van der Waals surface area contributed by atoms with Crippen molar-refractivity contribution in [1.82, 2.24) is 15.0 Å². The number of rotatable bonds is 9. The van der Waals surface area contributed by atoms with Crippen LogP contribution in [0.4, 0.5) is 11.5 Å². The Labute approximate surface area is 185 Å². The highest BCUT2D eigenvalue weighted by Gasteiger charge is 2.23. The number of aryl methyl sites for hydroxylation is 2. The Kier molecular flexibility index (Phi) is 7.90. The number of anilines is 1. The number of carbonyl (C=O) groups excluding carboxylic acids is 2. The fraction of sp³-hybridized carbons (Fsp3) is 0.476. The van der Waals surface area contributed by atoms with Crippen molar-refractivity contribution in [3.8, 4) is 0 Å². The molecule has 1 fully saturated rings. The van der Waals surface area contributed by atoms with Gasteiger partial charge in [-0.3, -0.25) is 24.6 Å². The summed E-state index contributed by atoms with van der Waals surface area (Å²) in [5.74, 6) is -0.0638. The minimum atomic E-state index is -0.519. The Bertz CT molecular complexity index is 969. The van der Waals surface area contributed by atoms with E-state index in [1.54, 1.807) is 26.0 Å². The molecule has 32 heavy (non-hydrogen) atoms. The summed E-state index contributed by atoms with van der Waals surface area (Å²) in [5, 5.41) is 17.6. The standard InChI is InChI=1S/C21H27N5O6/c1-15-4-5-17(13-18(15)26(29)30)21(28)25(7-3-6-24-8-10-31-11-9-24)14-20(27)22-19-12-16(2)32-23-19/h4-5,12-13H,3,6-11,14H2,1-2H3,(H,22,23,27). The molecule has 3 rings (SSSR count). The minimum absolute atomic E-state index is 0.133. The van der Waals surface area contributed by atoms with Crippen molar-refractivity contribution in [2.75, 3.05) is 51.3 Å². The Hall–Kier alpha value is -3.31. The van der Waals surface area contributed by atoms with Crippen LogP contribution in [-0.2, 0) is 9.53 Å². The SMILES string of the molecule is Cc1cc(NC(=O)CN(CCCN2CCOCC2)C(=O)c2ccc(C)c([N+](=O)[O-])c2)no1. The highest BCUT2D eigenvalue weighted by atomic mass is 16.6. The quantitative estimate of drug-likeness (QED) is 0.458.